The molecule has 0 saturated heterocycles. The van der Waals surface area contributed by atoms with E-state index >= 15 is 0 Å². The van der Waals surface area contributed by atoms with Crippen LogP contribution in [0.5, 0.6) is 0 Å². The molecule has 90 valence electrons. The standard InChI is InChI=1S/C12H18ClNO2/c1-16-9-7-14(6-8-15)10-11-2-4-12(13)5-3-11/h2-5,15H,6-10H2,1H3. The highest BCUT2D eigenvalue weighted by atomic mass is 35.5. The van der Waals surface area contributed by atoms with E-state index in [-0.39, 0.29) is 6.61 Å². The molecule has 1 rings (SSSR count). The van der Waals surface area contributed by atoms with Crippen molar-refractivity contribution < 1.29 is 9.84 Å². The lowest BCUT2D eigenvalue weighted by Crippen LogP contribution is -2.29. The van der Waals surface area contributed by atoms with Gasteiger partial charge in [-0.3, -0.25) is 4.90 Å². The first-order valence-corrected chi connectivity index (χ1v) is 5.70. The lowest BCUT2D eigenvalue weighted by molar-refractivity contribution is 0.127. The molecule has 4 heteroatoms. The average Bonchev–Trinajstić information content (AvgIpc) is 2.29. The lowest BCUT2D eigenvalue weighted by atomic mass is 10.2. The Morgan fingerprint density at radius 3 is 2.50 bits per heavy atom. The summed E-state index contributed by atoms with van der Waals surface area (Å²) in [5, 5.41) is 9.70. The molecule has 0 aromatic heterocycles. The van der Waals surface area contributed by atoms with Gasteiger partial charge in [-0.25, -0.2) is 0 Å². The lowest BCUT2D eigenvalue weighted by Gasteiger charge is -2.20. The smallest absolute Gasteiger partial charge is 0.0589 e. The number of nitrogens with zero attached hydrogens (tertiary/aromatic N) is 1. The van der Waals surface area contributed by atoms with Gasteiger partial charge in [0.1, 0.15) is 0 Å². The summed E-state index contributed by atoms with van der Waals surface area (Å²) in [4.78, 5) is 2.15. The number of benzene rings is 1. The van der Waals surface area contributed by atoms with Crippen molar-refractivity contribution in [2.45, 2.75) is 6.54 Å². The Balaban J connectivity index is 2.49. The molecule has 16 heavy (non-hydrogen) atoms. The van der Waals surface area contributed by atoms with Crippen LogP contribution in [-0.4, -0.2) is 43.4 Å². The van der Waals surface area contributed by atoms with Gasteiger partial charge in [-0.05, 0) is 17.7 Å². The summed E-state index contributed by atoms with van der Waals surface area (Å²) in [6.07, 6.45) is 0. The Hall–Kier alpha value is -0.610. The van der Waals surface area contributed by atoms with Crippen molar-refractivity contribution >= 4 is 11.6 Å². The van der Waals surface area contributed by atoms with Gasteiger partial charge in [-0.2, -0.15) is 0 Å². The molecule has 1 aromatic rings. The highest BCUT2D eigenvalue weighted by Gasteiger charge is 2.04. The van der Waals surface area contributed by atoms with Crippen molar-refractivity contribution in [2.75, 3.05) is 33.4 Å². The van der Waals surface area contributed by atoms with Gasteiger partial charge >= 0.3 is 0 Å². The van der Waals surface area contributed by atoms with Crippen molar-refractivity contribution in [3.63, 3.8) is 0 Å². The summed E-state index contributed by atoms with van der Waals surface area (Å²) in [6.45, 7) is 3.12. The van der Waals surface area contributed by atoms with Crippen LogP contribution in [0.4, 0.5) is 0 Å². The second-order valence-corrected chi connectivity index (χ2v) is 4.06. The Kier molecular flexibility index (Phi) is 6.42. The van der Waals surface area contributed by atoms with Crippen LogP contribution >= 0.6 is 11.6 Å². The van der Waals surface area contributed by atoms with Crippen molar-refractivity contribution in [2.24, 2.45) is 0 Å². The zero-order valence-electron chi connectivity index (χ0n) is 9.53. The zero-order chi connectivity index (χ0) is 11.8. The molecule has 0 aliphatic rings. The van der Waals surface area contributed by atoms with E-state index < -0.39 is 0 Å². The minimum absolute atomic E-state index is 0.164. The van der Waals surface area contributed by atoms with Crippen LogP contribution in [0.15, 0.2) is 24.3 Å². The predicted molar refractivity (Wildman–Crippen MR) is 65.7 cm³/mol. The molecule has 0 unspecified atom stereocenters. The third-order valence-corrected chi connectivity index (χ3v) is 2.60. The van der Waals surface area contributed by atoms with E-state index in [0.29, 0.717) is 13.2 Å². The summed E-state index contributed by atoms with van der Waals surface area (Å²) in [7, 11) is 1.68. The molecule has 0 heterocycles. The van der Waals surface area contributed by atoms with Crippen molar-refractivity contribution in [3.8, 4) is 0 Å². The van der Waals surface area contributed by atoms with Gasteiger partial charge in [0.2, 0.25) is 0 Å². The molecule has 0 aliphatic heterocycles. The molecule has 0 radical (unpaired) electrons. The monoisotopic (exact) mass is 243 g/mol. The van der Waals surface area contributed by atoms with Crippen LogP contribution in [0.25, 0.3) is 0 Å². The van der Waals surface area contributed by atoms with E-state index in [1.807, 2.05) is 24.3 Å². The topological polar surface area (TPSA) is 32.7 Å². The van der Waals surface area contributed by atoms with Crippen LogP contribution in [0, 0.1) is 0 Å². The number of ether oxygens (including phenoxy) is 1. The molecule has 0 spiro atoms. The minimum atomic E-state index is 0.164. The van der Waals surface area contributed by atoms with Crippen LogP contribution in [-0.2, 0) is 11.3 Å². The van der Waals surface area contributed by atoms with Crippen LogP contribution in [0.2, 0.25) is 5.02 Å². The Morgan fingerprint density at radius 2 is 1.94 bits per heavy atom. The van der Waals surface area contributed by atoms with Gasteiger partial charge in [0.15, 0.2) is 0 Å². The fraction of sp³-hybridized carbons (Fsp3) is 0.500. The fourth-order valence-corrected chi connectivity index (χ4v) is 1.61. The molecular formula is C12H18ClNO2. The molecule has 0 fully saturated rings. The largest absolute Gasteiger partial charge is 0.395 e. The van der Waals surface area contributed by atoms with Gasteiger partial charge in [-0.15, -0.1) is 0 Å². The van der Waals surface area contributed by atoms with Gasteiger partial charge in [0.05, 0.1) is 13.2 Å². The number of hydrogen-bond donors (Lipinski definition) is 1. The van der Waals surface area contributed by atoms with Gasteiger partial charge in [0.25, 0.3) is 0 Å². The quantitative estimate of drug-likeness (QED) is 0.793. The third-order valence-electron chi connectivity index (χ3n) is 2.35. The summed E-state index contributed by atoms with van der Waals surface area (Å²) in [5.41, 5.74) is 1.19. The van der Waals surface area contributed by atoms with E-state index in [0.717, 1.165) is 18.1 Å². The van der Waals surface area contributed by atoms with E-state index in [2.05, 4.69) is 4.90 Å². The number of aliphatic hydroxyl groups is 1. The summed E-state index contributed by atoms with van der Waals surface area (Å²) < 4.78 is 5.03. The Bertz CT molecular complexity index is 290. The SMILES string of the molecule is COCCN(CCO)Cc1ccc(Cl)cc1. The fourth-order valence-electron chi connectivity index (χ4n) is 1.48. The molecule has 0 atom stereocenters. The Labute approximate surface area is 102 Å². The van der Waals surface area contributed by atoms with Crippen molar-refractivity contribution in [3.05, 3.63) is 34.9 Å². The number of hydrogen-bond acceptors (Lipinski definition) is 3. The second kappa shape index (κ2) is 7.63. The second-order valence-electron chi connectivity index (χ2n) is 3.62. The maximum atomic E-state index is 8.95. The third kappa shape index (κ3) is 4.94. The maximum absolute atomic E-state index is 8.95. The summed E-state index contributed by atoms with van der Waals surface area (Å²) >= 11 is 5.82. The molecule has 3 nitrogen and oxygen atoms in total. The average molecular weight is 244 g/mol. The number of aliphatic hydroxyl groups excluding tert-OH is 1. The highest BCUT2D eigenvalue weighted by Crippen LogP contribution is 2.11. The summed E-state index contributed by atoms with van der Waals surface area (Å²) in [6, 6.07) is 7.76. The maximum Gasteiger partial charge on any atom is 0.0589 e. The Morgan fingerprint density at radius 1 is 1.25 bits per heavy atom. The van der Waals surface area contributed by atoms with Gasteiger partial charge in [-0.1, -0.05) is 23.7 Å². The molecular weight excluding hydrogens is 226 g/mol. The van der Waals surface area contributed by atoms with Gasteiger partial charge in [0, 0.05) is 31.8 Å². The number of halogens is 1. The summed E-state index contributed by atoms with van der Waals surface area (Å²) in [5.74, 6) is 0. The van der Waals surface area contributed by atoms with E-state index in [1.165, 1.54) is 5.56 Å². The van der Waals surface area contributed by atoms with Crippen molar-refractivity contribution in [1.29, 1.82) is 0 Å². The normalized spacial score (nSPS) is 11.0. The first kappa shape index (κ1) is 13.5. The van der Waals surface area contributed by atoms with Crippen molar-refractivity contribution in [1.82, 2.24) is 4.90 Å². The molecule has 1 N–H and O–H groups in total. The molecule has 0 saturated carbocycles. The zero-order valence-corrected chi connectivity index (χ0v) is 10.3. The molecule has 0 amide bonds. The van der Waals surface area contributed by atoms with Crippen LogP contribution < -0.4 is 0 Å². The number of rotatable bonds is 7. The minimum Gasteiger partial charge on any atom is -0.395 e. The molecule has 0 bridgehead atoms. The molecule has 1 aromatic carbocycles. The predicted octanol–water partition coefficient (Wildman–Crippen LogP) is 1.78. The van der Waals surface area contributed by atoms with E-state index in [1.54, 1.807) is 7.11 Å². The van der Waals surface area contributed by atoms with Crippen LogP contribution in [0.1, 0.15) is 5.56 Å². The van der Waals surface area contributed by atoms with Crippen LogP contribution in [0.3, 0.4) is 0 Å². The van der Waals surface area contributed by atoms with E-state index in [9.17, 15) is 0 Å². The molecule has 0 aliphatic carbocycles. The highest BCUT2D eigenvalue weighted by molar-refractivity contribution is 6.30. The van der Waals surface area contributed by atoms with Gasteiger partial charge < -0.3 is 9.84 Å². The first-order valence-electron chi connectivity index (χ1n) is 5.33. The first-order chi connectivity index (χ1) is 7.76. The number of methoxy groups -OCH3 is 1. The van der Waals surface area contributed by atoms with E-state index in [4.69, 9.17) is 21.4 Å².